The molecule has 0 unspecified atom stereocenters. The summed E-state index contributed by atoms with van der Waals surface area (Å²) in [7, 11) is 0. The van der Waals surface area contributed by atoms with E-state index in [9.17, 15) is 9.59 Å². The van der Waals surface area contributed by atoms with E-state index < -0.39 is 5.60 Å². The molecule has 7 heteroatoms. The second kappa shape index (κ2) is 7.69. The van der Waals surface area contributed by atoms with Crippen molar-refractivity contribution in [1.82, 2.24) is 14.9 Å². The average molecular weight is 414 g/mol. The molecule has 6 nitrogen and oxygen atoms in total. The molecule has 2 aliphatic rings. The number of carbonyl (C=O) groups excluding carboxylic acids is 1. The van der Waals surface area contributed by atoms with Gasteiger partial charge in [-0.05, 0) is 18.1 Å². The highest BCUT2D eigenvalue weighted by Gasteiger charge is 2.43. The molecule has 0 amide bonds. The maximum Gasteiger partial charge on any atom is 0.323 e. The number of benzene rings is 2. The smallest absolute Gasteiger partial charge is 0.323 e. The van der Waals surface area contributed by atoms with Crippen LogP contribution in [0.5, 0.6) is 5.75 Å². The Bertz CT molecular complexity index is 1080. The molecule has 1 spiro atoms. The lowest BCUT2D eigenvalue weighted by atomic mass is 9.82. The summed E-state index contributed by atoms with van der Waals surface area (Å²) >= 11 is 0. The molecule has 3 aromatic rings. The van der Waals surface area contributed by atoms with E-state index in [0.29, 0.717) is 28.8 Å². The van der Waals surface area contributed by atoms with Crippen LogP contribution < -0.4 is 10.4 Å². The number of carbonyl (C=O) groups is 1. The van der Waals surface area contributed by atoms with Crippen molar-refractivity contribution in [3.05, 3.63) is 64.1 Å². The van der Waals surface area contributed by atoms with Crippen molar-refractivity contribution in [2.75, 3.05) is 19.6 Å². The average Bonchev–Trinajstić information content (AvgIpc) is 3.06. The minimum Gasteiger partial charge on any atom is -0.486 e. The highest BCUT2D eigenvalue weighted by atomic mass is 35.5. The van der Waals surface area contributed by atoms with Crippen molar-refractivity contribution in [3.8, 4) is 5.75 Å². The van der Waals surface area contributed by atoms with E-state index in [2.05, 4.69) is 39.1 Å². The number of aromatic nitrogens is 2. The zero-order chi connectivity index (χ0) is 19.1. The van der Waals surface area contributed by atoms with E-state index in [0.717, 1.165) is 38.9 Å². The monoisotopic (exact) mass is 413 g/mol. The normalized spacial score (nSPS) is 18.3. The molecule has 3 heterocycles. The fourth-order valence-corrected chi connectivity index (χ4v) is 4.42. The fraction of sp³-hybridized carbons (Fsp3) is 0.364. The van der Waals surface area contributed by atoms with Crippen molar-refractivity contribution in [3.63, 3.8) is 0 Å². The highest BCUT2D eigenvalue weighted by molar-refractivity contribution is 6.03. The Morgan fingerprint density at radius 2 is 1.69 bits per heavy atom. The van der Waals surface area contributed by atoms with Crippen LogP contribution in [0.25, 0.3) is 11.0 Å². The summed E-state index contributed by atoms with van der Waals surface area (Å²) in [6.07, 6.45) is 3.13. The van der Waals surface area contributed by atoms with Gasteiger partial charge in [-0.3, -0.25) is 4.79 Å². The highest BCUT2D eigenvalue weighted by Crippen LogP contribution is 2.40. The van der Waals surface area contributed by atoms with Gasteiger partial charge in [0.2, 0.25) is 0 Å². The Morgan fingerprint density at radius 3 is 2.41 bits per heavy atom. The van der Waals surface area contributed by atoms with Crippen LogP contribution in [0.4, 0.5) is 0 Å². The largest absolute Gasteiger partial charge is 0.486 e. The summed E-state index contributed by atoms with van der Waals surface area (Å²) in [4.78, 5) is 32.2. The van der Waals surface area contributed by atoms with Gasteiger partial charge in [-0.2, -0.15) is 0 Å². The summed E-state index contributed by atoms with van der Waals surface area (Å²) in [5.74, 6) is 0.694. The van der Waals surface area contributed by atoms with Gasteiger partial charge in [0, 0.05) is 38.5 Å². The number of ether oxygens (including phenoxy) is 1. The van der Waals surface area contributed by atoms with E-state index in [1.807, 2.05) is 6.07 Å². The zero-order valence-electron chi connectivity index (χ0n) is 16.1. The SMILES string of the molecule is Cl.O=C1CC2(CCN(CCc3ccccc3)CC2)Oc2cc3[nH]c(=O)[nH]c3cc21. The number of Topliss-reactive ketones (excluding diaryl/α,β-unsaturated/α-hetero) is 1. The maximum atomic E-state index is 12.8. The second-order valence-electron chi connectivity index (χ2n) is 7.94. The molecule has 0 radical (unpaired) electrons. The first-order chi connectivity index (χ1) is 13.6. The number of fused-ring (bicyclic) bond motifs is 2. The van der Waals surface area contributed by atoms with Crippen molar-refractivity contribution in [2.24, 2.45) is 0 Å². The lowest BCUT2D eigenvalue weighted by Gasteiger charge is -2.44. The first-order valence-corrected chi connectivity index (χ1v) is 9.85. The minimum absolute atomic E-state index is 0. The number of likely N-dealkylation sites (tertiary alicyclic amines) is 1. The van der Waals surface area contributed by atoms with Gasteiger partial charge in [0.15, 0.2) is 5.78 Å². The molecule has 2 aromatic carbocycles. The van der Waals surface area contributed by atoms with E-state index >= 15 is 0 Å². The van der Waals surface area contributed by atoms with Crippen molar-refractivity contribution in [2.45, 2.75) is 31.3 Å². The molecule has 5 rings (SSSR count). The molecule has 0 saturated carbocycles. The van der Waals surface area contributed by atoms with Gasteiger partial charge >= 0.3 is 5.69 Å². The lowest BCUT2D eigenvalue weighted by molar-refractivity contribution is -0.00855. The number of hydrogen-bond donors (Lipinski definition) is 2. The van der Waals surface area contributed by atoms with Crippen molar-refractivity contribution >= 4 is 29.2 Å². The number of hydrogen-bond acceptors (Lipinski definition) is 4. The summed E-state index contributed by atoms with van der Waals surface area (Å²) in [5.41, 5.74) is 2.55. The van der Waals surface area contributed by atoms with Crippen LogP contribution in [0.2, 0.25) is 0 Å². The topological polar surface area (TPSA) is 78.2 Å². The number of ketones is 1. The summed E-state index contributed by atoms with van der Waals surface area (Å²) in [6.45, 7) is 2.88. The van der Waals surface area contributed by atoms with Crippen molar-refractivity contribution < 1.29 is 9.53 Å². The molecule has 29 heavy (non-hydrogen) atoms. The Morgan fingerprint density at radius 1 is 1.00 bits per heavy atom. The van der Waals surface area contributed by atoms with Gasteiger partial charge in [-0.25, -0.2) is 4.79 Å². The number of nitrogens with zero attached hydrogens (tertiary/aromatic N) is 1. The van der Waals surface area contributed by atoms with Gasteiger partial charge < -0.3 is 19.6 Å². The first kappa shape index (κ1) is 19.7. The first-order valence-electron chi connectivity index (χ1n) is 9.85. The maximum absolute atomic E-state index is 12.8. The molecular weight excluding hydrogens is 390 g/mol. The van der Waals surface area contributed by atoms with E-state index in [1.54, 1.807) is 12.1 Å². The molecule has 1 aromatic heterocycles. The van der Waals surface area contributed by atoms with E-state index in [4.69, 9.17) is 4.74 Å². The fourth-order valence-electron chi connectivity index (χ4n) is 4.42. The third kappa shape index (κ3) is 3.82. The predicted octanol–water partition coefficient (Wildman–Crippen LogP) is 3.32. The number of halogens is 1. The number of H-pyrrole nitrogens is 2. The third-order valence-corrected chi connectivity index (χ3v) is 6.05. The molecule has 0 bridgehead atoms. The van der Waals surface area contributed by atoms with Crippen LogP contribution >= 0.6 is 12.4 Å². The number of rotatable bonds is 3. The van der Waals surface area contributed by atoms with Gasteiger partial charge in [0.25, 0.3) is 0 Å². The number of piperidine rings is 1. The number of aromatic amines is 2. The van der Waals surface area contributed by atoms with E-state index in [1.165, 1.54) is 5.56 Å². The molecular formula is C22H24ClN3O3. The summed E-state index contributed by atoms with van der Waals surface area (Å²) in [6, 6.07) is 14.0. The molecule has 2 N–H and O–H groups in total. The molecule has 2 aliphatic heterocycles. The van der Waals surface area contributed by atoms with Gasteiger partial charge in [-0.15, -0.1) is 12.4 Å². The quantitative estimate of drug-likeness (QED) is 0.690. The molecule has 152 valence electrons. The molecule has 0 atom stereocenters. The van der Waals surface area contributed by atoms with Gasteiger partial charge in [-0.1, -0.05) is 30.3 Å². The minimum atomic E-state index is -0.419. The Balaban J connectivity index is 0.00000205. The number of nitrogens with one attached hydrogen (secondary N) is 2. The summed E-state index contributed by atoms with van der Waals surface area (Å²) < 4.78 is 6.38. The Labute approximate surface area is 174 Å². The van der Waals surface area contributed by atoms with Crippen LogP contribution in [-0.4, -0.2) is 45.9 Å². The molecule has 1 saturated heterocycles. The van der Waals surface area contributed by atoms with Crippen LogP contribution in [-0.2, 0) is 6.42 Å². The Hall–Kier alpha value is -2.57. The van der Waals surface area contributed by atoms with Crippen LogP contribution in [0.3, 0.4) is 0 Å². The van der Waals surface area contributed by atoms with Crippen LogP contribution in [0.1, 0.15) is 35.2 Å². The van der Waals surface area contributed by atoms with Gasteiger partial charge in [0.1, 0.15) is 11.4 Å². The summed E-state index contributed by atoms with van der Waals surface area (Å²) in [5, 5.41) is 0. The van der Waals surface area contributed by atoms with Crippen LogP contribution in [0, 0.1) is 0 Å². The number of imidazole rings is 1. The molecule has 0 aliphatic carbocycles. The lowest BCUT2D eigenvalue weighted by Crippen LogP contribution is -2.51. The second-order valence-corrected chi connectivity index (χ2v) is 7.94. The zero-order valence-corrected chi connectivity index (χ0v) is 16.9. The Kier molecular flexibility index (Phi) is 5.23. The van der Waals surface area contributed by atoms with E-state index in [-0.39, 0.29) is 23.9 Å². The third-order valence-electron chi connectivity index (χ3n) is 6.05. The van der Waals surface area contributed by atoms with Gasteiger partial charge in [0.05, 0.1) is 23.0 Å². The van der Waals surface area contributed by atoms with Crippen LogP contribution in [0.15, 0.2) is 47.3 Å². The van der Waals surface area contributed by atoms with Crippen molar-refractivity contribution in [1.29, 1.82) is 0 Å². The molecule has 1 fully saturated rings. The standard InChI is InChI=1S/C22H23N3O3.ClH/c26-19-14-22(28-20-13-18-17(12-16(19)20)23-21(27)24-18)7-10-25(11-8-22)9-6-15-4-2-1-3-5-15;/h1-5,12-13H,6-11,14H2,(H2,23,24,27);1H. The predicted molar refractivity (Wildman–Crippen MR) is 114 cm³/mol.